The van der Waals surface area contributed by atoms with Gasteiger partial charge in [-0.15, -0.1) is 10.2 Å². The third kappa shape index (κ3) is 1.62. The van der Waals surface area contributed by atoms with Crippen LogP contribution in [0.3, 0.4) is 0 Å². The third-order valence-corrected chi connectivity index (χ3v) is 3.61. The molecule has 1 aliphatic rings. The molecule has 0 saturated heterocycles. The highest BCUT2D eigenvalue weighted by Gasteiger charge is 2.24. The standard InChI is InChI=1S/C14H13N5/c1-2-4-11-10(3-1)5-8-16-13(11)14-18-17-12-6-7-15-9-19(12)14/h1-4,6-7,9,13,16H,5,8H2. The van der Waals surface area contributed by atoms with E-state index in [1.807, 2.05) is 10.5 Å². The molecule has 1 unspecified atom stereocenters. The molecular formula is C14H13N5. The Kier molecular flexibility index (Phi) is 2.31. The Bertz CT molecular complexity index is 733. The van der Waals surface area contributed by atoms with Crippen LogP contribution in [0.25, 0.3) is 5.65 Å². The average Bonchev–Trinajstić information content (AvgIpc) is 2.90. The molecule has 1 atom stereocenters. The zero-order chi connectivity index (χ0) is 12.7. The fourth-order valence-corrected chi connectivity index (χ4v) is 2.69. The fourth-order valence-electron chi connectivity index (χ4n) is 2.69. The van der Waals surface area contributed by atoms with Crippen LogP contribution in [0.2, 0.25) is 0 Å². The molecule has 1 N–H and O–H groups in total. The van der Waals surface area contributed by atoms with Crippen molar-refractivity contribution >= 4 is 5.65 Å². The van der Waals surface area contributed by atoms with Crippen molar-refractivity contribution in [3.05, 3.63) is 59.8 Å². The summed E-state index contributed by atoms with van der Waals surface area (Å²) >= 11 is 0. The van der Waals surface area contributed by atoms with Crippen molar-refractivity contribution in [3.8, 4) is 0 Å². The highest BCUT2D eigenvalue weighted by molar-refractivity contribution is 5.40. The molecule has 3 aromatic rings. The number of hydrogen-bond donors (Lipinski definition) is 1. The van der Waals surface area contributed by atoms with E-state index in [-0.39, 0.29) is 6.04 Å². The molecule has 4 rings (SSSR count). The molecule has 1 aromatic carbocycles. The summed E-state index contributed by atoms with van der Waals surface area (Å²) in [6.07, 6.45) is 4.56. The number of rotatable bonds is 1. The summed E-state index contributed by atoms with van der Waals surface area (Å²) in [5.74, 6) is 0.898. The Balaban J connectivity index is 1.90. The molecule has 94 valence electrons. The molecule has 3 heterocycles. The zero-order valence-electron chi connectivity index (χ0n) is 10.3. The van der Waals surface area contributed by atoms with Gasteiger partial charge in [0.05, 0.1) is 6.04 Å². The Morgan fingerprint density at radius 1 is 1.16 bits per heavy atom. The summed E-state index contributed by atoms with van der Waals surface area (Å²) in [7, 11) is 0. The number of aromatic nitrogens is 4. The van der Waals surface area contributed by atoms with Gasteiger partial charge in [-0.25, -0.2) is 4.98 Å². The molecule has 5 heteroatoms. The first kappa shape index (κ1) is 10.6. The summed E-state index contributed by atoms with van der Waals surface area (Å²) in [6, 6.07) is 10.5. The zero-order valence-corrected chi connectivity index (χ0v) is 10.3. The van der Waals surface area contributed by atoms with E-state index in [1.165, 1.54) is 11.1 Å². The average molecular weight is 251 g/mol. The van der Waals surface area contributed by atoms with E-state index < -0.39 is 0 Å². The van der Waals surface area contributed by atoms with Crippen LogP contribution < -0.4 is 5.32 Å². The molecule has 1 aliphatic heterocycles. The van der Waals surface area contributed by atoms with Crippen molar-refractivity contribution < 1.29 is 0 Å². The van der Waals surface area contributed by atoms with E-state index in [0.29, 0.717) is 0 Å². The van der Waals surface area contributed by atoms with Gasteiger partial charge >= 0.3 is 0 Å². The second-order valence-corrected chi connectivity index (χ2v) is 4.70. The van der Waals surface area contributed by atoms with Gasteiger partial charge in [0.25, 0.3) is 0 Å². The highest BCUT2D eigenvalue weighted by atomic mass is 15.3. The van der Waals surface area contributed by atoms with Crippen LogP contribution in [0.1, 0.15) is 23.0 Å². The molecule has 19 heavy (non-hydrogen) atoms. The predicted octanol–water partition coefficient (Wildman–Crippen LogP) is 1.36. The van der Waals surface area contributed by atoms with Crippen molar-refractivity contribution in [3.63, 3.8) is 0 Å². The van der Waals surface area contributed by atoms with Gasteiger partial charge in [-0.2, -0.15) is 0 Å². The molecule has 0 fully saturated rings. The van der Waals surface area contributed by atoms with Gasteiger partial charge in [0, 0.05) is 18.8 Å². The Hall–Kier alpha value is -2.27. The molecule has 2 aromatic heterocycles. The normalized spacial score (nSPS) is 18.4. The predicted molar refractivity (Wildman–Crippen MR) is 70.8 cm³/mol. The van der Waals surface area contributed by atoms with Crippen LogP contribution in [0.15, 0.2) is 42.9 Å². The first-order chi connectivity index (χ1) is 9.43. The summed E-state index contributed by atoms with van der Waals surface area (Å²) < 4.78 is 1.94. The molecule has 0 amide bonds. The van der Waals surface area contributed by atoms with Crippen LogP contribution in [0, 0.1) is 0 Å². The summed E-state index contributed by atoms with van der Waals surface area (Å²) in [5.41, 5.74) is 3.49. The molecule has 5 nitrogen and oxygen atoms in total. The largest absolute Gasteiger partial charge is 0.303 e. The highest BCUT2D eigenvalue weighted by Crippen LogP contribution is 2.27. The van der Waals surface area contributed by atoms with E-state index in [0.717, 1.165) is 24.4 Å². The lowest BCUT2D eigenvalue weighted by Gasteiger charge is -2.25. The smallest absolute Gasteiger partial charge is 0.163 e. The SMILES string of the molecule is c1ccc2c(c1)CCNC2c1nnc2ccncn12. The van der Waals surface area contributed by atoms with Gasteiger partial charge in [-0.3, -0.25) is 4.40 Å². The van der Waals surface area contributed by atoms with Gasteiger partial charge in [-0.05, 0) is 17.5 Å². The second-order valence-electron chi connectivity index (χ2n) is 4.70. The Morgan fingerprint density at radius 2 is 2.11 bits per heavy atom. The van der Waals surface area contributed by atoms with Gasteiger partial charge in [-0.1, -0.05) is 24.3 Å². The van der Waals surface area contributed by atoms with Gasteiger partial charge < -0.3 is 5.32 Å². The topological polar surface area (TPSA) is 55.1 Å². The lowest BCUT2D eigenvalue weighted by atomic mass is 9.94. The minimum atomic E-state index is 0.0872. The van der Waals surface area contributed by atoms with E-state index in [2.05, 4.69) is 44.8 Å². The molecular weight excluding hydrogens is 238 g/mol. The third-order valence-electron chi connectivity index (χ3n) is 3.61. The number of hydrogen-bond acceptors (Lipinski definition) is 4. The summed E-state index contributed by atoms with van der Waals surface area (Å²) in [5, 5.41) is 12.0. The van der Waals surface area contributed by atoms with E-state index >= 15 is 0 Å². The van der Waals surface area contributed by atoms with Crippen molar-refractivity contribution in [2.45, 2.75) is 12.5 Å². The molecule has 0 spiro atoms. The summed E-state index contributed by atoms with van der Waals surface area (Å²) in [4.78, 5) is 4.15. The molecule has 0 saturated carbocycles. The summed E-state index contributed by atoms with van der Waals surface area (Å²) in [6.45, 7) is 0.955. The van der Waals surface area contributed by atoms with Gasteiger partial charge in [0.2, 0.25) is 0 Å². The van der Waals surface area contributed by atoms with Crippen LogP contribution >= 0.6 is 0 Å². The molecule has 0 bridgehead atoms. The maximum absolute atomic E-state index is 4.33. The number of benzene rings is 1. The number of nitrogens with zero attached hydrogens (tertiary/aromatic N) is 4. The van der Waals surface area contributed by atoms with Gasteiger partial charge in [0.15, 0.2) is 11.5 Å². The molecule has 0 aliphatic carbocycles. The van der Waals surface area contributed by atoms with Gasteiger partial charge in [0.1, 0.15) is 6.33 Å². The quantitative estimate of drug-likeness (QED) is 0.709. The van der Waals surface area contributed by atoms with Crippen LogP contribution in [-0.2, 0) is 6.42 Å². The van der Waals surface area contributed by atoms with Crippen molar-refractivity contribution in [2.24, 2.45) is 0 Å². The van der Waals surface area contributed by atoms with Crippen LogP contribution in [0.4, 0.5) is 0 Å². The first-order valence-corrected chi connectivity index (χ1v) is 6.39. The maximum Gasteiger partial charge on any atom is 0.163 e. The number of fused-ring (bicyclic) bond motifs is 2. The van der Waals surface area contributed by atoms with Crippen LogP contribution in [0.5, 0.6) is 0 Å². The second kappa shape index (κ2) is 4.13. The van der Waals surface area contributed by atoms with Crippen molar-refractivity contribution in [2.75, 3.05) is 6.54 Å². The Labute approximate surface area is 110 Å². The van der Waals surface area contributed by atoms with Crippen molar-refractivity contribution in [1.82, 2.24) is 24.9 Å². The molecule has 0 radical (unpaired) electrons. The van der Waals surface area contributed by atoms with Crippen molar-refractivity contribution in [1.29, 1.82) is 0 Å². The first-order valence-electron chi connectivity index (χ1n) is 6.39. The Morgan fingerprint density at radius 3 is 3.11 bits per heavy atom. The lowest BCUT2D eigenvalue weighted by Crippen LogP contribution is -2.31. The minimum absolute atomic E-state index is 0.0872. The van der Waals surface area contributed by atoms with E-state index in [1.54, 1.807) is 12.5 Å². The minimum Gasteiger partial charge on any atom is -0.303 e. The monoisotopic (exact) mass is 251 g/mol. The maximum atomic E-state index is 4.33. The van der Waals surface area contributed by atoms with Crippen LogP contribution in [-0.4, -0.2) is 26.1 Å². The lowest BCUT2D eigenvalue weighted by molar-refractivity contribution is 0.539. The number of nitrogens with one attached hydrogen (secondary N) is 1. The van der Waals surface area contributed by atoms with E-state index in [9.17, 15) is 0 Å². The van der Waals surface area contributed by atoms with E-state index in [4.69, 9.17) is 0 Å². The fraction of sp³-hybridized carbons (Fsp3) is 0.214.